The minimum absolute atomic E-state index is 0.0200. The van der Waals surface area contributed by atoms with Crippen LogP contribution in [-0.4, -0.2) is 22.8 Å². The van der Waals surface area contributed by atoms with Gasteiger partial charge in [0.2, 0.25) is 0 Å². The Morgan fingerprint density at radius 1 is 1.62 bits per heavy atom. The van der Waals surface area contributed by atoms with E-state index in [1.165, 1.54) is 0 Å². The fourth-order valence-corrected chi connectivity index (χ4v) is 1.21. The molecule has 0 fully saturated rings. The maximum Gasteiger partial charge on any atom is 0.0949 e. The van der Waals surface area contributed by atoms with Crippen LogP contribution in [0.2, 0.25) is 0 Å². The maximum absolute atomic E-state index is 5.77. The number of methoxy groups -OCH3 is 1. The van der Waals surface area contributed by atoms with Gasteiger partial charge in [-0.25, -0.2) is 4.98 Å². The highest BCUT2D eigenvalue weighted by atomic mass is 16.5. The molecule has 4 heteroatoms. The van der Waals surface area contributed by atoms with Gasteiger partial charge in [0.1, 0.15) is 0 Å². The lowest BCUT2D eigenvalue weighted by Crippen LogP contribution is -2.18. The molecule has 1 unspecified atom stereocenters. The third-order valence-corrected chi connectivity index (χ3v) is 2.07. The van der Waals surface area contributed by atoms with Gasteiger partial charge in [-0.1, -0.05) is 0 Å². The van der Waals surface area contributed by atoms with Gasteiger partial charge in [0.25, 0.3) is 0 Å². The molecular weight excluding hydrogens is 166 g/mol. The van der Waals surface area contributed by atoms with E-state index < -0.39 is 0 Å². The third-order valence-electron chi connectivity index (χ3n) is 2.07. The molecule has 0 amide bonds. The number of aromatic nitrogens is 2. The van der Waals surface area contributed by atoms with Crippen molar-refractivity contribution in [3.63, 3.8) is 0 Å². The standard InChI is InChI=1S/C9H17N3O/c1-7(13-3)5-12-6-11-4-9(12)8(2)10/h4,6-8H,5,10H2,1-3H3/t7?,8-/m0/s1. The molecule has 1 heterocycles. The largest absolute Gasteiger partial charge is 0.380 e. The Kier molecular flexibility index (Phi) is 3.45. The van der Waals surface area contributed by atoms with E-state index in [9.17, 15) is 0 Å². The van der Waals surface area contributed by atoms with Gasteiger partial charge in [-0.2, -0.15) is 0 Å². The average Bonchev–Trinajstić information content (AvgIpc) is 2.52. The summed E-state index contributed by atoms with van der Waals surface area (Å²) in [5.41, 5.74) is 6.82. The van der Waals surface area contributed by atoms with Crippen LogP contribution in [0.4, 0.5) is 0 Å². The Morgan fingerprint density at radius 3 is 2.85 bits per heavy atom. The van der Waals surface area contributed by atoms with Crippen LogP contribution in [-0.2, 0) is 11.3 Å². The van der Waals surface area contributed by atoms with E-state index in [0.29, 0.717) is 0 Å². The van der Waals surface area contributed by atoms with E-state index in [2.05, 4.69) is 4.98 Å². The van der Waals surface area contributed by atoms with Gasteiger partial charge in [-0.05, 0) is 13.8 Å². The third kappa shape index (κ3) is 2.54. The molecule has 1 rings (SSSR count). The number of ether oxygens (including phenoxy) is 1. The molecule has 0 spiro atoms. The van der Waals surface area contributed by atoms with Crippen LogP contribution in [0, 0.1) is 0 Å². The first-order valence-electron chi connectivity index (χ1n) is 4.43. The van der Waals surface area contributed by atoms with Crippen molar-refractivity contribution >= 4 is 0 Å². The van der Waals surface area contributed by atoms with E-state index in [4.69, 9.17) is 10.5 Å². The second-order valence-corrected chi connectivity index (χ2v) is 3.31. The minimum atomic E-state index is 0.0200. The molecular formula is C9H17N3O. The lowest BCUT2D eigenvalue weighted by molar-refractivity contribution is 0.102. The normalized spacial score (nSPS) is 15.7. The van der Waals surface area contributed by atoms with Crippen molar-refractivity contribution < 1.29 is 4.74 Å². The molecule has 0 saturated carbocycles. The van der Waals surface area contributed by atoms with E-state index in [0.717, 1.165) is 12.2 Å². The molecule has 0 bridgehead atoms. The van der Waals surface area contributed by atoms with Crippen molar-refractivity contribution in [2.75, 3.05) is 7.11 Å². The Balaban J connectivity index is 2.70. The van der Waals surface area contributed by atoms with Crippen LogP contribution in [0.3, 0.4) is 0 Å². The number of hydrogen-bond donors (Lipinski definition) is 1. The fraction of sp³-hybridized carbons (Fsp3) is 0.667. The zero-order valence-electron chi connectivity index (χ0n) is 8.40. The van der Waals surface area contributed by atoms with Crippen LogP contribution < -0.4 is 5.73 Å². The molecule has 0 aliphatic heterocycles. The predicted octanol–water partition coefficient (Wildman–Crippen LogP) is 0.938. The van der Waals surface area contributed by atoms with Gasteiger partial charge in [0, 0.05) is 25.9 Å². The zero-order chi connectivity index (χ0) is 9.84. The summed E-state index contributed by atoms with van der Waals surface area (Å²) in [6.45, 7) is 4.77. The number of rotatable bonds is 4. The summed E-state index contributed by atoms with van der Waals surface area (Å²) in [5, 5.41) is 0. The Bertz CT molecular complexity index is 257. The zero-order valence-corrected chi connectivity index (χ0v) is 8.40. The first-order chi connectivity index (χ1) is 6.15. The molecule has 74 valence electrons. The quantitative estimate of drug-likeness (QED) is 0.755. The highest BCUT2D eigenvalue weighted by Gasteiger charge is 2.08. The number of imidazole rings is 1. The second-order valence-electron chi connectivity index (χ2n) is 3.31. The van der Waals surface area contributed by atoms with Crippen molar-refractivity contribution in [2.45, 2.75) is 32.5 Å². The fourth-order valence-electron chi connectivity index (χ4n) is 1.21. The number of hydrogen-bond acceptors (Lipinski definition) is 3. The second kappa shape index (κ2) is 4.39. The summed E-state index contributed by atoms with van der Waals surface area (Å²) < 4.78 is 7.20. The number of nitrogens with zero attached hydrogens (tertiary/aromatic N) is 2. The molecule has 0 aliphatic carbocycles. The molecule has 1 aromatic heterocycles. The minimum Gasteiger partial charge on any atom is -0.380 e. The van der Waals surface area contributed by atoms with Crippen molar-refractivity contribution in [2.24, 2.45) is 5.73 Å². The highest BCUT2D eigenvalue weighted by molar-refractivity contribution is 5.03. The molecule has 2 atom stereocenters. The van der Waals surface area contributed by atoms with Gasteiger partial charge in [-0.15, -0.1) is 0 Å². The van der Waals surface area contributed by atoms with Crippen LogP contribution in [0.5, 0.6) is 0 Å². The topological polar surface area (TPSA) is 53.1 Å². The van der Waals surface area contributed by atoms with Gasteiger partial charge in [0.05, 0.1) is 18.1 Å². The summed E-state index contributed by atoms with van der Waals surface area (Å²) in [4.78, 5) is 4.06. The molecule has 0 saturated heterocycles. The molecule has 1 aromatic rings. The van der Waals surface area contributed by atoms with E-state index in [-0.39, 0.29) is 12.1 Å². The Labute approximate surface area is 78.7 Å². The van der Waals surface area contributed by atoms with Gasteiger partial charge in [0.15, 0.2) is 0 Å². The average molecular weight is 183 g/mol. The van der Waals surface area contributed by atoms with Crippen molar-refractivity contribution in [3.8, 4) is 0 Å². The van der Waals surface area contributed by atoms with Gasteiger partial charge in [-0.3, -0.25) is 0 Å². The van der Waals surface area contributed by atoms with Crippen LogP contribution >= 0.6 is 0 Å². The predicted molar refractivity (Wildman–Crippen MR) is 51.3 cm³/mol. The van der Waals surface area contributed by atoms with Crippen LogP contribution in [0.1, 0.15) is 25.6 Å². The van der Waals surface area contributed by atoms with Gasteiger partial charge >= 0.3 is 0 Å². The van der Waals surface area contributed by atoms with E-state index >= 15 is 0 Å². The molecule has 13 heavy (non-hydrogen) atoms. The smallest absolute Gasteiger partial charge is 0.0949 e. The van der Waals surface area contributed by atoms with Crippen molar-refractivity contribution in [1.82, 2.24) is 9.55 Å². The Morgan fingerprint density at radius 2 is 2.31 bits per heavy atom. The number of nitrogens with two attached hydrogens (primary N) is 1. The molecule has 0 aromatic carbocycles. The first-order valence-corrected chi connectivity index (χ1v) is 4.43. The van der Waals surface area contributed by atoms with Crippen molar-refractivity contribution in [3.05, 3.63) is 18.2 Å². The van der Waals surface area contributed by atoms with Crippen LogP contribution in [0.25, 0.3) is 0 Å². The molecule has 0 aliphatic rings. The summed E-state index contributed by atoms with van der Waals surface area (Å²) in [5.74, 6) is 0. The summed E-state index contributed by atoms with van der Waals surface area (Å²) in [6, 6.07) is 0.0200. The summed E-state index contributed by atoms with van der Waals surface area (Å²) >= 11 is 0. The van der Waals surface area contributed by atoms with E-state index in [1.807, 2.05) is 18.4 Å². The lowest BCUT2D eigenvalue weighted by Gasteiger charge is -2.14. The van der Waals surface area contributed by atoms with Crippen molar-refractivity contribution in [1.29, 1.82) is 0 Å². The monoisotopic (exact) mass is 183 g/mol. The molecule has 4 nitrogen and oxygen atoms in total. The summed E-state index contributed by atoms with van der Waals surface area (Å²) in [7, 11) is 1.70. The highest BCUT2D eigenvalue weighted by Crippen LogP contribution is 2.09. The first kappa shape index (κ1) is 10.2. The molecule has 0 radical (unpaired) electrons. The SMILES string of the molecule is COC(C)Cn1cncc1[C@H](C)N. The molecule has 2 N–H and O–H groups in total. The summed E-state index contributed by atoms with van der Waals surface area (Å²) in [6.07, 6.45) is 3.77. The lowest BCUT2D eigenvalue weighted by atomic mass is 10.2. The van der Waals surface area contributed by atoms with E-state index in [1.54, 1.807) is 19.6 Å². The maximum atomic E-state index is 5.77. The Hall–Kier alpha value is -0.870. The van der Waals surface area contributed by atoms with Gasteiger partial charge < -0.3 is 15.0 Å². The van der Waals surface area contributed by atoms with Crippen LogP contribution in [0.15, 0.2) is 12.5 Å².